The normalized spacial score (nSPS) is 18.1. The molecule has 0 fully saturated rings. The molecule has 0 aromatic heterocycles. The minimum absolute atomic E-state index is 0.0277. The maximum Gasteiger partial charge on any atom is 0.0662 e. The summed E-state index contributed by atoms with van der Waals surface area (Å²) < 4.78 is 6.43. The van der Waals surface area contributed by atoms with Crippen molar-refractivity contribution in [2.75, 3.05) is 0 Å². The monoisotopic (exact) mass is 238 g/mol. The van der Waals surface area contributed by atoms with Crippen molar-refractivity contribution in [3.63, 3.8) is 0 Å². The van der Waals surface area contributed by atoms with Crippen LogP contribution in [-0.4, -0.2) is 11.2 Å². The van der Waals surface area contributed by atoms with Gasteiger partial charge in [-0.3, -0.25) is 0 Å². The van der Waals surface area contributed by atoms with Crippen LogP contribution in [0.3, 0.4) is 0 Å². The summed E-state index contributed by atoms with van der Waals surface area (Å²) in [5.74, 6) is 0. The first-order chi connectivity index (χ1) is 7.95. The van der Waals surface area contributed by atoms with Gasteiger partial charge >= 0.3 is 0 Å². The number of rotatable bonds is 10. The molecular formula is C16H30O. The fraction of sp³-hybridized carbons (Fsp3) is 0.750. The molecule has 0 aliphatic heterocycles. The number of ether oxygens (including phenoxy) is 1. The van der Waals surface area contributed by atoms with E-state index < -0.39 is 0 Å². The molecule has 0 amide bonds. The summed E-state index contributed by atoms with van der Waals surface area (Å²) in [6.45, 7) is 16.4. The smallest absolute Gasteiger partial charge is 0.0662 e. The van der Waals surface area contributed by atoms with Crippen LogP contribution in [0.15, 0.2) is 25.3 Å². The third-order valence-electron chi connectivity index (χ3n) is 3.74. The van der Waals surface area contributed by atoms with Gasteiger partial charge in [0.1, 0.15) is 0 Å². The molecule has 2 unspecified atom stereocenters. The maximum absolute atomic E-state index is 6.43. The second-order valence-electron chi connectivity index (χ2n) is 5.36. The molecule has 100 valence electrons. The van der Waals surface area contributed by atoms with Crippen LogP contribution in [0.25, 0.3) is 0 Å². The van der Waals surface area contributed by atoms with Crippen molar-refractivity contribution in [1.29, 1.82) is 0 Å². The lowest BCUT2D eigenvalue weighted by atomic mass is 9.91. The maximum atomic E-state index is 6.43. The Morgan fingerprint density at radius 2 is 1.24 bits per heavy atom. The van der Waals surface area contributed by atoms with E-state index in [0.29, 0.717) is 0 Å². The zero-order valence-electron chi connectivity index (χ0n) is 12.2. The van der Waals surface area contributed by atoms with Crippen LogP contribution in [0.4, 0.5) is 0 Å². The van der Waals surface area contributed by atoms with E-state index in [2.05, 4.69) is 40.9 Å². The fourth-order valence-electron chi connectivity index (χ4n) is 2.01. The van der Waals surface area contributed by atoms with Crippen LogP contribution in [0, 0.1) is 0 Å². The Balaban J connectivity index is 4.57. The fourth-order valence-corrected chi connectivity index (χ4v) is 2.01. The van der Waals surface area contributed by atoms with Gasteiger partial charge in [0.05, 0.1) is 11.2 Å². The quantitative estimate of drug-likeness (QED) is 0.471. The van der Waals surface area contributed by atoms with Gasteiger partial charge in [-0.25, -0.2) is 0 Å². The van der Waals surface area contributed by atoms with E-state index in [1.165, 1.54) is 0 Å². The first-order valence-corrected chi connectivity index (χ1v) is 6.87. The molecule has 0 N–H and O–H groups in total. The molecule has 0 aliphatic carbocycles. The number of hydrogen-bond acceptors (Lipinski definition) is 1. The van der Waals surface area contributed by atoms with Crippen LogP contribution in [-0.2, 0) is 4.74 Å². The molecule has 0 bridgehead atoms. The third-order valence-corrected chi connectivity index (χ3v) is 3.74. The molecule has 0 aliphatic rings. The van der Waals surface area contributed by atoms with Gasteiger partial charge < -0.3 is 4.74 Å². The highest BCUT2D eigenvalue weighted by Crippen LogP contribution is 2.33. The first kappa shape index (κ1) is 16.4. The van der Waals surface area contributed by atoms with E-state index in [0.717, 1.165) is 38.5 Å². The highest BCUT2D eigenvalue weighted by molar-refractivity contribution is 4.86. The molecule has 2 atom stereocenters. The third kappa shape index (κ3) is 6.07. The van der Waals surface area contributed by atoms with Crippen molar-refractivity contribution in [3.8, 4) is 0 Å². The van der Waals surface area contributed by atoms with E-state index in [1.807, 2.05) is 12.2 Å². The van der Waals surface area contributed by atoms with E-state index in [4.69, 9.17) is 4.74 Å². The van der Waals surface area contributed by atoms with Crippen LogP contribution < -0.4 is 0 Å². The lowest BCUT2D eigenvalue weighted by Gasteiger charge is -2.40. The molecule has 0 saturated heterocycles. The van der Waals surface area contributed by atoms with Gasteiger partial charge in [-0.05, 0) is 52.4 Å². The van der Waals surface area contributed by atoms with Crippen molar-refractivity contribution in [3.05, 3.63) is 25.3 Å². The standard InChI is InChI=1S/C16H30O/c1-7-11-13-15(5,9-3)17-16(6,10-4)14-12-8-2/h7-8H,1-2,9-14H2,3-6H3. The molecule has 0 spiro atoms. The van der Waals surface area contributed by atoms with Crippen molar-refractivity contribution in [2.45, 2.75) is 77.4 Å². The molecule has 17 heavy (non-hydrogen) atoms. The highest BCUT2D eigenvalue weighted by Gasteiger charge is 2.32. The zero-order chi connectivity index (χ0) is 13.4. The molecular weight excluding hydrogens is 208 g/mol. The summed E-state index contributed by atoms with van der Waals surface area (Å²) in [7, 11) is 0. The van der Waals surface area contributed by atoms with E-state index in [-0.39, 0.29) is 11.2 Å². The molecule has 0 aromatic rings. The lowest BCUT2D eigenvalue weighted by Crippen LogP contribution is -2.40. The molecule has 0 radical (unpaired) electrons. The zero-order valence-corrected chi connectivity index (χ0v) is 12.2. The summed E-state index contributed by atoms with van der Waals surface area (Å²) in [6, 6.07) is 0. The van der Waals surface area contributed by atoms with Gasteiger partial charge in [0.25, 0.3) is 0 Å². The van der Waals surface area contributed by atoms with Crippen LogP contribution >= 0.6 is 0 Å². The molecule has 0 rings (SSSR count). The predicted octanol–water partition coefficient (Wildman–Crippen LogP) is 5.27. The van der Waals surface area contributed by atoms with Crippen LogP contribution in [0.5, 0.6) is 0 Å². The molecule has 0 aromatic carbocycles. The van der Waals surface area contributed by atoms with Crippen LogP contribution in [0.1, 0.15) is 66.2 Å². The Bertz CT molecular complexity index is 210. The summed E-state index contributed by atoms with van der Waals surface area (Å²) in [5.41, 5.74) is -0.0553. The summed E-state index contributed by atoms with van der Waals surface area (Å²) in [6.07, 6.45) is 10.2. The Morgan fingerprint density at radius 3 is 1.47 bits per heavy atom. The minimum Gasteiger partial charge on any atom is -0.369 e. The average molecular weight is 238 g/mol. The second-order valence-corrected chi connectivity index (χ2v) is 5.36. The lowest BCUT2D eigenvalue weighted by molar-refractivity contribution is -0.150. The summed E-state index contributed by atoms with van der Waals surface area (Å²) in [4.78, 5) is 0. The number of allylic oxidation sites excluding steroid dienone is 2. The predicted molar refractivity (Wildman–Crippen MR) is 77.3 cm³/mol. The Hall–Kier alpha value is -0.560. The van der Waals surface area contributed by atoms with Gasteiger partial charge in [-0.2, -0.15) is 0 Å². The molecule has 1 heteroatoms. The summed E-state index contributed by atoms with van der Waals surface area (Å²) in [5, 5.41) is 0. The Kier molecular flexibility index (Phi) is 7.45. The molecule has 0 heterocycles. The molecule has 0 saturated carbocycles. The van der Waals surface area contributed by atoms with Crippen molar-refractivity contribution in [2.24, 2.45) is 0 Å². The van der Waals surface area contributed by atoms with Gasteiger partial charge in [-0.15, -0.1) is 13.2 Å². The van der Waals surface area contributed by atoms with Crippen molar-refractivity contribution in [1.82, 2.24) is 0 Å². The van der Waals surface area contributed by atoms with Crippen LogP contribution in [0.2, 0.25) is 0 Å². The largest absolute Gasteiger partial charge is 0.369 e. The van der Waals surface area contributed by atoms with Gasteiger partial charge in [0, 0.05) is 0 Å². The Labute approximate surface area is 108 Å². The second kappa shape index (κ2) is 7.71. The highest BCUT2D eigenvalue weighted by atomic mass is 16.5. The SMILES string of the molecule is C=CCCC(C)(CC)OC(C)(CC)CCC=C. The minimum atomic E-state index is -0.0277. The van der Waals surface area contributed by atoms with E-state index in [1.54, 1.807) is 0 Å². The number of hydrogen-bond donors (Lipinski definition) is 0. The Morgan fingerprint density at radius 1 is 0.882 bits per heavy atom. The van der Waals surface area contributed by atoms with Gasteiger partial charge in [-0.1, -0.05) is 26.0 Å². The van der Waals surface area contributed by atoms with E-state index >= 15 is 0 Å². The van der Waals surface area contributed by atoms with Gasteiger partial charge in [0.15, 0.2) is 0 Å². The van der Waals surface area contributed by atoms with Crippen molar-refractivity contribution < 1.29 is 4.74 Å². The average Bonchev–Trinajstić information content (AvgIpc) is 2.34. The van der Waals surface area contributed by atoms with Gasteiger partial charge in [0.2, 0.25) is 0 Å². The van der Waals surface area contributed by atoms with Crippen molar-refractivity contribution >= 4 is 0 Å². The van der Waals surface area contributed by atoms with E-state index in [9.17, 15) is 0 Å². The molecule has 1 nitrogen and oxygen atoms in total. The topological polar surface area (TPSA) is 9.23 Å². The first-order valence-electron chi connectivity index (χ1n) is 6.87. The summed E-state index contributed by atoms with van der Waals surface area (Å²) >= 11 is 0.